The summed E-state index contributed by atoms with van der Waals surface area (Å²) < 4.78 is 14.2. The molecule has 1 aliphatic rings. The van der Waals surface area contributed by atoms with Crippen molar-refractivity contribution >= 4 is 17.1 Å². The summed E-state index contributed by atoms with van der Waals surface area (Å²) in [5.74, 6) is -0.164. The lowest BCUT2D eigenvalue weighted by molar-refractivity contribution is 0.623. The normalized spacial score (nSPS) is 14.4. The van der Waals surface area contributed by atoms with E-state index in [9.17, 15) is 4.39 Å². The van der Waals surface area contributed by atoms with Gasteiger partial charge in [-0.2, -0.15) is 0 Å². The van der Waals surface area contributed by atoms with Crippen molar-refractivity contribution in [2.45, 2.75) is 19.4 Å². The largest absolute Gasteiger partial charge is 0.398 e. The number of nitrogens with one attached hydrogen (secondary N) is 1. The molecule has 4 heteroatoms. The lowest BCUT2D eigenvalue weighted by Crippen LogP contribution is -2.19. The van der Waals surface area contributed by atoms with Crippen molar-refractivity contribution in [3.63, 3.8) is 0 Å². The van der Waals surface area contributed by atoms with E-state index in [0.29, 0.717) is 12.2 Å². The highest BCUT2D eigenvalue weighted by Crippen LogP contribution is 2.26. The number of para-hydroxylation sites is 1. The quantitative estimate of drug-likeness (QED) is 0.843. The zero-order chi connectivity index (χ0) is 14.7. The first-order valence-electron chi connectivity index (χ1n) is 7.36. The van der Waals surface area contributed by atoms with Crippen molar-refractivity contribution in [1.29, 1.82) is 0 Å². The van der Waals surface area contributed by atoms with E-state index in [1.807, 2.05) is 36.4 Å². The predicted molar refractivity (Wildman–Crippen MR) is 86.0 cm³/mol. The second kappa shape index (κ2) is 6.04. The maximum absolute atomic E-state index is 14.2. The topological polar surface area (TPSA) is 41.3 Å². The van der Waals surface area contributed by atoms with Gasteiger partial charge in [0.1, 0.15) is 5.82 Å². The van der Waals surface area contributed by atoms with E-state index in [0.717, 1.165) is 42.9 Å². The summed E-state index contributed by atoms with van der Waals surface area (Å²) in [4.78, 5) is 2.11. The highest BCUT2D eigenvalue weighted by Gasteiger charge is 2.16. The minimum Gasteiger partial charge on any atom is -0.398 e. The number of nitrogens with zero attached hydrogens (tertiary/aromatic N) is 1. The second-order valence-corrected chi connectivity index (χ2v) is 5.41. The van der Waals surface area contributed by atoms with E-state index in [4.69, 9.17) is 5.73 Å². The van der Waals surface area contributed by atoms with Crippen molar-refractivity contribution in [1.82, 2.24) is 0 Å². The Labute approximate surface area is 124 Å². The Morgan fingerprint density at radius 1 is 1.10 bits per heavy atom. The SMILES string of the molecule is Nc1ccccc1CNc1ccc(N2CCCC2)c(F)c1. The molecule has 0 atom stereocenters. The number of anilines is 3. The molecule has 1 fully saturated rings. The fraction of sp³-hybridized carbons (Fsp3) is 0.294. The molecule has 2 aromatic rings. The third-order valence-electron chi connectivity index (χ3n) is 3.93. The first kappa shape index (κ1) is 13.7. The molecule has 3 nitrogen and oxygen atoms in total. The fourth-order valence-corrected chi connectivity index (χ4v) is 2.72. The van der Waals surface area contributed by atoms with Gasteiger partial charge in [0.15, 0.2) is 0 Å². The van der Waals surface area contributed by atoms with Gasteiger partial charge in [0.05, 0.1) is 5.69 Å². The van der Waals surface area contributed by atoms with Crippen molar-refractivity contribution in [3.05, 3.63) is 53.8 Å². The van der Waals surface area contributed by atoms with Crippen LogP contribution in [0.1, 0.15) is 18.4 Å². The van der Waals surface area contributed by atoms with E-state index in [1.54, 1.807) is 6.07 Å². The van der Waals surface area contributed by atoms with Crippen LogP contribution in [0.25, 0.3) is 0 Å². The van der Waals surface area contributed by atoms with Crippen molar-refractivity contribution in [3.8, 4) is 0 Å². The molecule has 0 aliphatic carbocycles. The first-order valence-corrected chi connectivity index (χ1v) is 7.36. The summed E-state index contributed by atoms with van der Waals surface area (Å²) in [6, 6.07) is 13.0. The molecule has 0 saturated carbocycles. The molecule has 0 aromatic heterocycles. The monoisotopic (exact) mass is 285 g/mol. The smallest absolute Gasteiger partial charge is 0.148 e. The molecule has 0 unspecified atom stereocenters. The second-order valence-electron chi connectivity index (χ2n) is 5.41. The molecular formula is C17H20FN3. The first-order chi connectivity index (χ1) is 10.2. The number of rotatable bonds is 4. The standard InChI is InChI=1S/C17H20FN3/c18-15-11-14(7-8-17(15)21-9-3-4-10-21)20-12-13-5-1-2-6-16(13)19/h1-2,5-8,11,20H,3-4,9-10,12,19H2. The van der Waals surface area contributed by atoms with Gasteiger partial charge in [-0.15, -0.1) is 0 Å². The van der Waals surface area contributed by atoms with Gasteiger partial charge in [-0.3, -0.25) is 0 Å². The van der Waals surface area contributed by atoms with E-state index < -0.39 is 0 Å². The summed E-state index contributed by atoms with van der Waals surface area (Å²) in [6.45, 7) is 2.49. The lowest BCUT2D eigenvalue weighted by Gasteiger charge is -2.19. The number of nitrogens with two attached hydrogens (primary N) is 1. The van der Waals surface area contributed by atoms with Gasteiger partial charge in [-0.05, 0) is 42.7 Å². The van der Waals surface area contributed by atoms with E-state index >= 15 is 0 Å². The minimum atomic E-state index is -0.164. The Hall–Kier alpha value is -2.23. The number of hydrogen-bond donors (Lipinski definition) is 2. The maximum atomic E-state index is 14.2. The average molecular weight is 285 g/mol. The molecule has 1 heterocycles. The van der Waals surface area contributed by atoms with Crippen LogP contribution in [0.15, 0.2) is 42.5 Å². The van der Waals surface area contributed by atoms with Gasteiger partial charge >= 0.3 is 0 Å². The van der Waals surface area contributed by atoms with Crippen LogP contribution in [0.4, 0.5) is 21.5 Å². The van der Waals surface area contributed by atoms with Crippen LogP contribution in [-0.2, 0) is 6.54 Å². The molecule has 0 radical (unpaired) electrons. The van der Waals surface area contributed by atoms with Crippen LogP contribution in [0.3, 0.4) is 0 Å². The molecule has 1 saturated heterocycles. The van der Waals surface area contributed by atoms with E-state index in [1.165, 1.54) is 0 Å². The van der Waals surface area contributed by atoms with Gasteiger partial charge in [0.2, 0.25) is 0 Å². The Kier molecular flexibility index (Phi) is 3.95. The van der Waals surface area contributed by atoms with Crippen molar-refractivity contribution in [2.24, 2.45) is 0 Å². The molecule has 110 valence electrons. The van der Waals surface area contributed by atoms with Crippen LogP contribution in [0.5, 0.6) is 0 Å². The molecule has 1 aliphatic heterocycles. The third-order valence-corrected chi connectivity index (χ3v) is 3.93. The van der Waals surface area contributed by atoms with Gasteiger partial charge < -0.3 is 16.0 Å². The third kappa shape index (κ3) is 3.10. The summed E-state index contributed by atoms with van der Waals surface area (Å²) in [5.41, 5.74) is 9.15. The molecule has 21 heavy (non-hydrogen) atoms. The van der Waals surface area contributed by atoms with Crippen molar-refractivity contribution in [2.75, 3.05) is 29.0 Å². The lowest BCUT2D eigenvalue weighted by atomic mass is 10.1. The van der Waals surface area contributed by atoms with E-state index in [-0.39, 0.29) is 5.82 Å². The molecular weight excluding hydrogens is 265 g/mol. The van der Waals surface area contributed by atoms with Gasteiger partial charge in [0.25, 0.3) is 0 Å². The fourth-order valence-electron chi connectivity index (χ4n) is 2.72. The number of nitrogen functional groups attached to an aromatic ring is 1. The van der Waals surface area contributed by atoms with Crippen LogP contribution in [0.2, 0.25) is 0 Å². The average Bonchev–Trinajstić information content (AvgIpc) is 3.00. The van der Waals surface area contributed by atoms with Crippen LogP contribution < -0.4 is 16.0 Å². The Morgan fingerprint density at radius 2 is 1.86 bits per heavy atom. The molecule has 0 spiro atoms. The molecule has 3 rings (SSSR count). The van der Waals surface area contributed by atoms with E-state index in [2.05, 4.69) is 10.2 Å². The Bertz CT molecular complexity index is 621. The van der Waals surface area contributed by atoms with Gasteiger partial charge in [-0.25, -0.2) is 4.39 Å². The predicted octanol–water partition coefficient (Wildman–Crippen LogP) is 3.62. The number of halogens is 1. The summed E-state index contributed by atoms with van der Waals surface area (Å²) in [6.07, 6.45) is 2.29. The summed E-state index contributed by atoms with van der Waals surface area (Å²) in [5, 5.41) is 3.22. The van der Waals surface area contributed by atoms with Gasteiger partial charge in [0, 0.05) is 31.0 Å². The highest BCUT2D eigenvalue weighted by atomic mass is 19.1. The summed E-state index contributed by atoms with van der Waals surface area (Å²) in [7, 11) is 0. The molecule has 0 bridgehead atoms. The van der Waals surface area contributed by atoms with Crippen LogP contribution >= 0.6 is 0 Å². The minimum absolute atomic E-state index is 0.164. The maximum Gasteiger partial charge on any atom is 0.148 e. The van der Waals surface area contributed by atoms with Crippen molar-refractivity contribution < 1.29 is 4.39 Å². The number of hydrogen-bond acceptors (Lipinski definition) is 3. The van der Waals surface area contributed by atoms with Gasteiger partial charge in [-0.1, -0.05) is 18.2 Å². The zero-order valence-electron chi connectivity index (χ0n) is 12.0. The zero-order valence-corrected chi connectivity index (χ0v) is 12.0. The molecule has 2 aromatic carbocycles. The Morgan fingerprint density at radius 3 is 2.57 bits per heavy atom. The van der Waals surface area contributed by atoms with Crippen LogP contribution in [0, 0.1) is 5.82 Å². The van der Waals surface area contributed by atoms with Crippen LogP contribution in [-0.4, -0.2) is 13.1 Å². The molecule has 0 amide bonds. The summed E-state index contributed by atoms with van der Waals surface area (Å²) >= 11 is 0. The Balaban J connectivity index is 1.69. The number of benzene rings is 2. The molecule has 3 N–H and O–H groups in total. The highest BCUT2D eigenvalue weighted by molar-refractivity contribution is 5.57.